The molecule has 0 aromatic rings. The predicted molar refractivity (Wildman–Crippen MR) is 92.0 cm³/mol. The molecule has 0 aliphatic carbocycles. The zero-order valence-corrected chi connectivity index (χ0v) is 15.0. The van der Waals surface area contributed by atoms with Gasteiger partial charge < -0.3 is 15.1 Å². The first-order valence-corrected chi connectivity index (χ1v) is 9.32. The lowest BCUT2D eigenvalue weighted by molar-refractivity contribution is -0.138. The van der Waals surface area contributed by atoms with Crippen LogP contribution in [0.4, 0.5) is 0 Å². The molecule has 2 amide bonds. The minimum absolute atomic E-state index is 0.0497. The van der Waals surface area contributed by atoms with Crippen molar-refractivity contribution in [1.29, 1.82) is 0 Å². The van der Waals surface area contributed by atoms with E-state index >= 15 is 0 Å². The zero-order valence-electron chi connectivity index (χ0n) is 15.0. The molecule has 2 aliphatic heterocycles. The maximum absolute atomic E-state index is 12.5. The Hall–Kier alpha value is -1.10. The van der Waals surface area contributed by atoms with Crippen LogP contribution in [0, 0.1) is 11.8 Å². The number of carbonyl (C=O) groups excluding carboxylic acids is 2. The number of rotatable bonds is 5. The summed E-state index contributed by atoms with van der Waals surface area (Å²) < 4.78 is 0. The number of nitrogens with one attached hydrogen (secondary N) is 1. The van der Waals surface area contributed by atoms with Crippen molar-refractivity contribution in [2.24, 2.45) is 11.8 Å². The van der Waals surface area contributed by atoms with Gasteiger partial charge in [-0.25, -0.2) is 0 Å². The van der Waals surface area contributed by atoms with Gasteiger partial charge in [-0.3, -0.25) is 9.59 Å². The van der Waals surface area contributed by atoms with Gasteiger partial charge in [-0.1, -0.05) is 20.8 Å². The van der Waals surface area contributed by atoms with E-state index in [1.807, 2.05) is 18.7 Å². The third kappa shape index (κ3) is 5.20. The second-order valence-electron chi connectivity index (χ2n) is 7.38. The molecule has 132 valence electrons. The van der Waals surface area contributed by atoms with Gasteiger partial charge >= 0.3 is 0 Å². The minimum atomic E-state index is 0.0497. The largest absolute Gasteiger partial charge is 0.353 e. The topological polar surface area (TPSA) is 52.7 Å². The van der Waals surface area contributed by atoms with Crippen LogP contribution in [0.2, 0.25) is 0 Å². The van der Waals surface area contributed by atoms with Gasteiger partial charge in [-0.05, 0) is 38.6 Å². The van der Waals surface area contributed by atoms with Crippen molar-refractivity contribution >= 4 is 11.8 Å². The molecule has 2 saturated heterocycles. The zero-order chi connectivity index (χ0) is 16.8. The van der Waals surface area contributed by atoms with Crippen molar-refractivity contribution in [3.8, 4) is 0 Å². The molecule has 0 unspecified atom stereocenters. The normalized spacial score (nSPS) is 21.7. The van der Waals surface area contributed by atoms with Crippen molar-refractivity contribution < 1.29 is 9.59 Å². The summed E-state index contributed by atoms with van der Waals surface area (Å²) in [5.74, 6) is 0.552. The third-order valence-electron chi connectivity index (χ3n) is 5.15. The van der Waals surface area contributed by atoms with Crippen LogP contribution in [-0.4, -0.2) is 60.4 Å². The van der Waals surface area contributed by atoms with Gasteiger partial charge in [-0.2, -0.15) is 0 Å². The van der Waals surface area contributed by atoms with Gasteiger partial charge in [0.05, 0.1) is 0 Å². The molecule has 2 heterocycles. The summed E-state index contributed by atoms with van der Waals surface area (Å²) in [5.41, 5.74) is 0. The number of amides is 2. The van der Waals surface area contributed by atoms with Crippen molar-refractivity contribution in [3.05, 3.63) is 0 Å². The molecule has 5 nitrogen and oxygen atoms in total. The van der Waals surface area contributed by atoms with Crippen LogP contribution >= 0.6 is 0 Å². The Morgan fingerprint density at radius 3 is 2.17 bits per heavy atom. The van der Waals surface area contributed by atoms with Crippen molar-refractivity contribution in [2.45, 2.75) is 58.9 Å². The molecule has 0 aromatic carbocycles. The molecule has 0 spiro atoms. The molecule has 1 N–H and O–H groups in total. The van der Waals surface area contributed by atoms with Crippen molar-refractivity contribution in [1.82, 2.24) is 15.1 Å². The van der Waals surface area contributed by atoms with Gasteiger partial charge in [0, 0.05) is 44.1 Å². The van der Waals surface area contributed by atoms with Gasteiger partial charge in [0.15, 0.2) is 0 Å². The monoisotopic (exact) mass is 323 g/mol. The van der Waals surface area contributed by atoms with E-state index in [4.69, 9.17) is 0 Å². The van der Waals surface area contributed by atoms with E-state index in [0.29, 0.717) is 6.04 Å². The summed E-state index contributed by atoms with van der Waals surface area (Å²) in [6, 6.07) is 0.339. The Balaban J connectivity index is 1.70. The first-order chi connectivity index (χ1) is 11.0. The lowest BCUT2D eigenvalue weighted by atomic mass is 9.94. The molecule has 0 radical (unpaired) electrons. The van der Waals surface area contributed by atoms with E-state index < -0.39 is 0 Å². The van der Waals surface area contributed by atoms with E-state index in [1.54, 1.807) is 0 Å². The lowest BCUT2D eigenvalue weighted by Crippen LogP contribution is -2.49. The second kappa shape index (κ2) is 8.67. The van der Waals surface area contributed by atoms with E-state index in [9.17, 15) is 9.59 Å². The highest BCUT2D eigenvalue weighted by Crippen LogP contribution is 2.20. The van der Waals surface area contributed by atoms with Gasteiger partial charge in [0.2, 0.25) is 11.8 Å². The van der Waals surface area contributed by atoms with E-state index in [-0.39, 0.29) is 23.7 Å². The smallest absolute Gasteiger partial charge is 0.225 e. The quantitative estimate of drug-likeness (QED) is 0.840. The predicted octanol–water partition coefficient (Wildman–Crippen LogP) is 1.87. The van der Waals surface area contributed by atoms with Crippen LogP contribution in [0.15, 0.2) is 0 Å². The minimum Gasteiger partial charge on any atom is -0.353 e. The van der Waals surface area contributed by atoms with E-state index in [1.165, 1.54) is 13.0 Å². The number of likely N-dealkylation sites (tertiary alicyclic amines) is 2. The second-order valence-corrected chi connectivity index (χ2v) is 7.38. The van der Waals surface area contributed by atoms with Crippen LogP contribution in [0.1, 0.15) is 52.9 Å². The molecule has 2 rings (SSSR count). The maximum Gasteiger partial charge on any atom is 0.225 e. The summed E-state index contributed by atoms with van der Waals surface area (Å²) in [5, 5.41) is 3.25. The van der Waals surface area contributed by atoms with Crippen LogP contribution in [0.3, 0.4) is 0 Å². The average Bonchev–Trinajstić information content (AvgIpc) is 2.56. The van der Waals surface area contributed by atoms with E-state index in [2.05, 4.69) is 17.1 Å². The highest BCUT2D eigenvalue weighted by atomic mass is 16.2. The molecular weight excluding hydrogens is 290 g/mol. The number of hydrogen-bond acceptors (Lipinski definition) is 3. The lowest BCUT2D eigenvalue weighted by Gasteiger charge is -2.35. The molecule has 2 fully saturated rings. The number of carbonyl (C=O) groups is 2. The Labute approximate surface area is 140 Å². The summed E-state index contributed by atoms with van der Waals surface area (Å²) in [4.78, 5) is 28.9. The summed E-state index contributed by atoms with van der Waals surface area (Å²) >= 11 is 0. The molecule has 0 aromatic heterocycles. The number of nitrogens with zero attached hydrogens (tertiary/aromatic N) is 2. The number of hydrogen-bond donors (Lipinski definition) is 1. The van der Waals surface area contributed by atoms with Crippen LogP contribution < -0.4 is 5.32 Å². The molecule has 23 heavy (non-hydrogen) atoms. The molecule has 0 atom stereocenters. The fraction of sp³-hybridized carbons (Fsp3) is 0.889. The Bertz CT molecular complexity index is 395. The van der Waals surface area contributed by atoms with Gasteiger partial charge in [0.1, 0.15) is 0 Å². The third-order valence-corrected chi connectivity index (χ3v) is 5.15. The summed E-state index contributed by atoms with van der Waals surface area (Å²) in [6.07, 6.45) is 4.94. The fourth-order valence-electron chi connectivity index (χ4n) is 3.66. The average molecular weight is 323 g/mol. The Morgan fingerprint density at radius 1 is 1.04 bits per heavy atom. The van der Waals surface area contributed by atoms with Crippen molar-refractivity contribution in [2.75, 3.05) is 32.7 Å². The number of piperidine rings is 2. The highest BCUT2D eigenvalue weighted by Gasteiger charge is 2.29. The highest BCUT2D eigenvalue weighted by molar-refractivity contribution is 5.81. The Kier molecular flexibility index (Phi) is 6.88. The first-order valence-electron chi connectivity index (χ1n) is 9.32. The molecule has 5 heteroatoms. The van der Waals surface area contributed by atoms with Crippen LogP contribution in [-0.2, 0) is 9.59 Å². The standard InChI is InChI=1S/C18H33N3O2/c1-4-9-20-10-7-16(8-11-20)19-17(22)15-5-12-21(13-6-15)18(23)14(2)3/h14-16H,4-13H2,1-3H3,(H,19,22). The molecule has 0 saturated carbocycles. The summed E-state index contributed by atoms with van der Waals surface area (Å²) in [6.45, 7) is 10.9. The molecule has 2 aliphatic rings. The fourth-order valence-corrected chi connectivity index (χ4v) is 3.66. The van der Waals surface area contributed by atoms with Crippen molar-refractivity contribution in [3.63, 3.8) is 0 Å². The molecular formula is C18H33N3O2. The van der Waals surface area contributed by atoms with Gasteiger partial charge in [0.25, 0.3) is 0 Å². The SMILES string of the molecule is CCCN1CCC(NC(=O)C2CCN(C(=O)C(C)C)CC2)CC1. The first kappa shape index (κ1) is 18.2. The summed E-state index contributed by atoms with van der Waals surface area (Å²) in [7, 11) is 0. The van der Waals surface area contributed by atoms with Crippen LogP contribution in [0.5, 0.6) is 0 Å². The van der Waals surface area contributed by atoms with E-state index in [0.717, 1.165) is 51.9 Å². The van der Waals surface area contributed by atoms with Crippen LogP contribution in [0.25, 0.3) is 0 Å². The van der Waals surface area contributed by atoms with Gasteiger partial charge in [-0.15, -0.1) is 0 Å². The maximum atomic E-state index is 12.5. The Morgan fingerprint density at radius 2 is 1.65 bits per heavy atom. The molecule has 0 bridgehead atoms.